The number of aliphatic hydroxyl groups is 1. The van der Waals surface area contributed by atoms with E-state index in [4.69, 9.17) is 0 Å². The van der Waals surface area contributed by atoms with Gasteiger partial charge in [-0.2, -0.15) is 0 Å². The van der Waals surface area contributed by atoms with Gasteiger partial charge in [0.1, 0.15) is 12.7 Å². The van der Waals surface area contributed by atoms with Crippen molar-refractivity contribution in [2.45, 2.75) is 32.4 Å². The van der Waals surface area contributed by atoms with Crippen LogP contribution in [0, 0.1) is 5.92 Å². The van der Waals surface area contributed by atoms with Crippen LogP contribution >= 0.6 is 0 Å². The summed E-state index contributed by atoms with van der Waals surface area (Å²) in [6, 6.07) is 0. The van der Waals surface area contributed by atoms with Crippen molar-refractivity contribution < 1.29 is 5.11 Å². The van der Waals surface area contributed by atoms with Gasteiger partial charge in [0.2, 0.25) is 0 Å². The predicted molar refractivity (Wildman–Crippen MR) is 60.9 cm³/mol. The minimum absolute atomic E-state index is 0.329. The first kappa shape index (κ1) is 11.5. The molecule has 1 aromatic rings. The van der Waals surface area contributed by atoms with Crippen molar-refractivity contribution >= 4 is 0 Å². The number of piperidine rings is 1. The predicted octanol–water partition coefficient (Wildman–Crippen LogP) is 0.371. The van der Waals surface area contributed by atoms with Gasteiger partial charge in [-0.25, -0.2) is 0 Å². The summed E-state index contributed by atoms with van der Waals surface area (Å²) >= 11 is 0. The molecule has 1 aliphatic rings. The largest absolute Gasteiger partial charge is 0.390 e. The van der Waals surface area contributed by atoms with Crippen molar-refractivity contribution in [2.75, 3.05) is 19.6 Å². The normalized spacial score (nSPS) is 21.1. The first-order valence-corrected chi connectivity index (χ1v) is 5.97. The minimum Gasteiger partial charge on any atom is -0.390 e. The van der Waals surface area contributed by atoms with Gasteiger partial charge in [0.25, 0.3) is 0 Å². The van der Waals surface area contributed by atoms with Crippen LogP contribution in [0.1, 0.15) is 19.8 Å². The Balaban J connectivity index is 1.72. The molecule has 0 spiro atoms. The van der Waals surface area contributed by atoms with Crippen molar-refractivity contribution in [1.29, 1.82) is 0 Å². The topological polar surface area (TPSA) is 54.2 Å². The number of nitrogens with zero attached hydrogens (tertiary/aromatic N) is 4. The molecule has 1 unspecified atom stereocenters. The lowest BCUT2D eigenvalue weighted by Gasteiger charge is -2.31. The van der Waals surface area contributed by atoms with E-state index in [1.807, 2.05) is 4.57 Å². The van der Waals surface area contributed by atoms with Gasteiger partial charge in [-0.3, -0.25) is 0 Å². The van der Waals surface area contributed by atoms with Crippen LogP contribution in [0.25, 0.3) is 0 Å². The van der Waals surface area contributed by atoms with Crippen LogP contribution in [-0.2, 0) is 6.54 Å². The molecule has 16 heavy (non-hydrogen) atoms. The second-order valence-electron chi connectivity index (χ2n) is 4.80. The van der Waals surface area contributed by atoms with Gasteiger partial charge >= 0.3 is 0 Å². The summed E-state index contributed by atoms with van der Waals surface area (Å²) in [5, 5.41) is 17.4. The SMILES string of the molecule is CC1CCN(CC(O)Cn2cnnc2)CC1. The Labute approximate surface area is 96.1 Å². The molecule has 0 saturated carbocycles. The summed E-state index contributed by atoms with van der Waals surface area (Å²) in [5.74, 6) is 0.839. The zero-order chi connectivity index (χ0) is 11.4. The van der Waals surface area contributed by atoms with E-state index in [9.17, 15) is 5.11 Å². The van der Waals surface area contributed by atoms with E-state index in [0.29, 0.717) is 6.54 Å². The molecule has 5 heteroatoms. The van der Waals surface area contributed by atoms with E-state index < -0.39 is 0 Å². The van der Waals surface area contributed by atoms with Gasteiger partial charge in [0.15, 0.2) is 0 Å². The maximum absolute atomic E-state index is 9.92. The Kier molecular flexibility index (Phi) is 3.90. The summed E-state index contributed by atoms with van der Waals surface area (Å²) < 4.78 is 1.82. The molecule has 1 aliphatic heterocycles. The van der Waals surface area contributed by atoms with E-state index in [1.54, 1.807) is 12.7 Å². The van der Waals surface area contributed by atoms with Gasteiger partial charge < -0.3 is 14.6 Å². The van der Waals surface area contributed by atoms with Crippen molar-refractivity contribution in [3.05, 3.63) is 12.7 Å². The molecule has 0 aliphatic carbocycles. The number of rotatable bonds is 4. The van der Waals surface area contributed by atoms with E-state index in [0.717, 1.165) is 25.6 Å². The zero-order valence-electron chi connectivity index (χ0n) is 9.79. The fraction of sp³-hybridized carbons (Fsp3) is 0.818. The molecule has 5 nitrogen and oxygen atoms in total. The Morgan fingerprint density at radius 1 is 1.25 bits per heavy atom. The Hall–Kier alpha value is -0.940. The first-order chi connectivity index (χ1) is 7.74. The Morgan fingerprint density at radius 2 is 1.88 bits per heavy atom. The highest BCUT2D eigenvalue weighted by molar-refractivity contribution is 4.73. The molecule has 0 bridgehead atoms. The Morgan fingerprint density at radius 3 is 2.50 bits per heavy atom. The smallest absolute Gasteiger partial charge is 0.119 e. The lowest BCUT2D eigenvalue weighted by atomic mass is 9.99. The van der Waals surface area contributed by atoms with Crippen LogP contribution in [0.3, 0.4) is 0 Å². The molecule has 0 aromatic carbocycles. The van der Waals surface area contributed by atoms with Crippen LogP contribution in [0.15, 0.2) is 12.7 Å². The zero-order valence-corrected chi connectivity index (χ0v) is 9.79. The molecule has 0 radical (unpaired) electrons. The Bertz CT molecular complexity index is 293. The number of β-amino-alcohol motifs (C(OH)–C–C–N with tert-alkyl or cyclic N) is 1. The summed E-state index contributed by atoms with van der Waals surface area (Å²) in [5.41, 5.74) is 0. The summed E-state index contributed by atoms with van der Waals surface area (Å²) in [6.07, 6.45) is 5.45. The first-order valence-electron chi connectivity index (χ1n) is 5.97. The van der Waals surface area contributed by atoms with E-state index in [1.165, 1.54) is 12.8 Å². The van der Waals surface area contributed by atoms with Gasteiger partial charge in [0, 0.05) is 6.54 Å². The van der Waals surface area contributed by atoms with Crippen LogP contribution in [0.4, 0.5) is 0 Å². The van der Waals surface area contributed by atoms with E-state index in [2.05, 4.69) is 22.0 Å². The van der Waals surface area contributed by atoms with Crippen molar-refractivity contribution in [2.24, 2.45) is 5.92 Å². The van der Waals surface area contributed by atoms with Gasteiger partial charge in [-0.05, 0) is 31.8 Å². The molecule has 1 N–H and O–H groups in total. The van der Waals surface area contributed by atoms with Crippen LogP contribution < -0.4 is 0 Å². The van der Waals surface area contributed by atoms with Crippen LogP contribution in [0.2, 0.25) is 0 Å². The number of likely N-dealkylation sites (tertiary alicyclic amines) is 1. The maximum Gasteiger partial charge on any atom is 0.119 e. The quantitative estimate of drug-likeness (QED) is 0.803. The van der Waals surface area contributed by atoms with Gasteiger partial charge in [-0.1, -0.05) is 6.92 Å². The number of aromatic nitrogens is 3. The highest BCUT2D eigenvalue weighted by atomic mass is 16.3. The van der Waals surface area contributed by atoms with Gasteiger partial charge in [-0.15, -0.1) is 10.2 Å². The standard InChI is InChI=1S/C11H20N4O/c1-10-2-4-14(5-3-10)6-11(16)7-15-8-12-13-9-15/h8-11,16H,2-7H2,1H3. The molecule has 1 atom stereocenters. The minimum atomic E-state index is -0.329. The molecular formula is C11H20N4O. The highest BCUT2D eigenvalue weighted by Crippen LogP contribution is 2.16. The number of hydrogen-bond donors (Lipinski definition) is 1. The van der Waals surface area contributed by atoms with Crippen molar-refractivity contribution in [3.8, 4) is 0 Å². The molecule has 1 saturated heterocycles. The molecule has 1 aromatic heterocycles. The van der Waals surface area contributed by atoms with Crippen molar-refractivity contribution in [3.63, 3.8) is 0 Å². The molecule has 2 rings (SSSR count). The number of hydrogen-bond acceptors (Lipinski definition) is 4. The average Bonchev–Trinajstić information content (AvgIpc) is 2.74. The summed E-state index contributed by atoms with van der Waals surface area (Å²) in [7, 11) is 0. The third-order valence-electron chi connectivity index (χ3n) is 3.23. The molecule has 2 heterocycles. The highest BCUT2D eigenvalue weighted by Gasteiger charge is 2.18. The molecular weight excluding hydrogens is 204 g/mol. The lowest BCUT2D eigenvalue weighted by Crippen LogP contribution is -2.39. The summed E-state index contributed by atoms with van der Waals surface area (Å²) in [4.78, 5) is 2.34. The fourth-order valence-corrected chi connectivity index (χ4v) is 2.16. The van der Waals surface area contributed by atoms with E-state index >= 15 is 0 Å². The second-order valence-corrected chi connectivity index (χ2v) is 4.80. The molecule has 1 fully saturated rings. The van der Waals surface area contributed by atoms with Gasteiger partial charge in [0.05, 0.1) is 12.6 Å². The van der Waals surface area contributed by atoms with Crippen molar-refractivity contribution in [1.82, 2.24) is 19.7 Å². The third-order valence-corrected chi connectivity index (χ3v) is 3.23. The molecule has 0 amide bonds. The number of aliphatic hydroxyl groups excluding tert-OH is 1. The lowest BCUT2D eigenvalue weighted by molar-refractivity contribution is 0.0801. The van der Waals surface area contributed by atoms with Crippen LogP contribution in [-0.4, -0.2) is 50.5 Å². The monoisotopic (exact) mass is 224 g/mol. The maximum atomic E-state index is 9.92. The van der Waals surface area contributed by atoms with E-state index in [-0.39, 0.29) is 6.10 Å². The third kappa shape index (κ3) is 3.28. The second kappa shape index (κ2) is 5.41. The summed E-state index contributed by atoms with van der Waals surface area (Å²) in [6.45, 7) is 5.86. The fourth-order valence-electron chi connectivity index (χ4n) is 2.16. The average molecular weight is 224 g/mol. The van der Waals surface area contributed by atoms with Crippen LogP contribution in [0.5, 0.6) is 0 Å². The molecule has 90 valence electrons.